The SMILES string of the molecule is CCCCCC/C(=C/Br)Sc1nc2ccccc2[nH]1. The molecule has 1 aromatic carbocycles. The molecule has 4 heteroatoms. The van der Waals surface area contributed by atoms with Gasteiger partial charge in [0.15, 0.2) is 5.16 Å². The number of halogens is 1. The monoisotopic (exact) mass is 338 g/mol. The quantitative estimate of drug-likeness (QED) is 0.505. The fraction of sp³-hybridized carbons (Fsp3) is 0.400. The number of nitrogens with one attached hydrogen (secondary N) is 1. The highest BCUT2D eigenvalue weighted by molar-refractivity contribution is 9.11. The van der Waals surface area contributed by atoms with Crippen molar-refractivity contribution in [1.82, 2.24) is 9.97 Å². The summed E-state index contributed by atoms with van der Waals surface area (Å²) in [6.07, 6.45) is 6.28. The van der Waals surface area contributed by atoms with Gasteiger partial charge in [-0.15, -0.1) is 0 Å². The molecule has 1 N–H and O–H groups in total. The minimum atomic E-state index is 0.974. The summed E-state index contributed by atoms with van der Waals surface area (Å²) in [5, 5.41) is 0.974. The largest absolute Gasteiger partial charge is 0.333 e. The summed E-state index contributed by atoms with van der Waals surface area (Å²) in [6.45, 7) is 2.24. The Kier molecular flexibility index (Phi) is 5.98. The lowest BCUT2D eigenvalue weighted by Gasteiger charge is -2.03. The topological polar surface area (TPSA) is 28.7 Å². The molecule has 0 fully saturated rings. The van der Waals surface area contributed by atoms with Crippen LogP contribution >= 0.6 is 27.7 Å². The first-order valence-corrected chi connectivity index (χ1v) is 8.48. The fourth-order valence-corrected chi connectivity index (χ4v) is 3.31. The molecule has 0 saturated heterocycles. The Balaban J connectivity index is 1.94. The van der Waals surface area contributed by atoms with Gasteiger partial charge in [0.05, 0.1) is 11.0 Å². The summed E-state index contributed by atoms with van der Waals surface area (Å²) in [5.41, 5.74) is 2.13. The summed E-state index contributed by atoms with van der Waals surface area (Å²) in [4.78, 5) is 11.3. The summed E-state index contributed by atoms with van der Waals surface area (Å²) in [6, 6.07) is 8.14. The number of para-hydroxylation sites is 2. The first-order valence-electron chi connectivity index (χ1n) is 6.75. The minimum absolute atomic E-state index is 0.974. The smallest absolute Gasteiger partial charge is 0.170 e. The molecular formula is C15H19BrN2S. The lowest BCUT2D eigenvalue weighted by atomic mass is 10.1. The predicted molar refractivity (Wildman–Crippen MR) is 87.7 cm³/mol. The number of allylic oxidation sites excluding steroid dienone is 1. The van der Waals surface area contributed by atoms with Gasteiger partial charge >= 0.3 is 0 Å². The number of thioether (sulfide) groups is 1. The number of H-pyrrole nitrogens is 1. The molecule has 0 aliphatic rings. The van der Waals surface area contributed by atoms with Crippen molar-refractivity contribution in [3.8, 4) is 0 Å². The molecule has 0 spiro atoms. The lowest BCUT2D eigenvalue weighted by molar-refractivity contribution is 0.672. The molecule has 2 aromatic rings. The second-order valence-electron chi connectivity index (χ2n) is 4.55. The van der Waals surface area contributed by atoms with Crippen molar-refractivity contribution in [1.29, 1.82) is 0 Å². The maximum atomic E-state index is 4.59. The minimum Gasteiger partial charge on any atom is -0.333 e. The molecule has 0 aliphatic carbocycles. The van der Waals surface area contributed by atoms with Gasteiger partial charge in [0.1, 0.15) is 0 Å². The Labute approximate surface area is 127 Å². The number of imidazole rings is 1. The average Bonchev–Trinajstić information content (AvgIpc) is 2.84. The second kappa shape index (κ2) is 7.75. The molecule has 102 valence electrons. The molecule has 19 heavy (non-hydrogen) atoms. The molecule has 0 radical (unpaired) electrons. The van der Waals surface area contributed by atoms with E-state index in [1.807, 2.05) is 23.2 Å². The van der Waals surface area contributed by atoms with E-state index in [1.165, 1.54) is 30.6 Å². The van der Waals surface area contributed by atoms with Crippen molar-refractivity contribution >= 4 is 38.7 Å². The fourth-order valence-electron chi connectivity index (χ4n) is 1.96. The second-order valence-corrected chi connectivity index (χ2v) is 6.12. The number of nitrogens with zero attached hydrogens (tertiary/aromatic N) is 1. The average molecular weight is 339 g/mol. The zero-order chi connectivity index (χ0) is 13.5. The number of benzene rings is 1. The Hall–Kier alpha value is -0.740. The van der Waals surface area contributed by atoms with Crippen LogP contribution in [0.2, 0.25) is 0 Å². The van der Waals surface area contributed by atoms with E-state index < -0.39 is 0 Å². The number of unbranched alkanes of at least 4 members (excludes halogenated alkanes) is 3. The molecule has 2 nitrogen and oxygen atoms in total. The Morgan fingerprint density at radius 1 is 1.32 bits per heavy atom. The molecular weight excluding hydrogens is 320 g/mol. The highest BCUT2D eigenvalue weighted by atomic mass is 79.9. The van der Waals surface area contributed by atoms with Crippen molar-refractivity contribution in [2.24, 2.45) is 0 Å². The zero-order valence-electron chi connectivity index (χ0n) is 11.2. The van der Waals surface area contributed by atoms with E-state index in [-0.39, 0.29) is 0 Å². The molecule has 0 atom stereocenters. The van der Waals surface area contributed by atoms with Gasteiger partial charge in [-0.2, -0.15) is 0 Å². The summed E-state index contributed by atoms with van der Waals surface area (Å²) in [5.74, 6) is 0. The zero-order valence-corrected chi connectivity index (χ0v) is 13.6. The number of aromatic nitrogens is 2. The summed E-state index contributed by atoms with van der Waals surface area (Å²) in [7, 11) is 0. The Bertz CT molecular complexity index is 515. The van der Waals surface area contributed by atoms with E-state index in [2.05, 4.69) is 38.9 Å². The number of fused-ring (bicyclic) bond motifs is 1. The third-order valence-electron chi connectivity index (χ3n) is 2.99. The van der Waals surface area contributed by atoms with Crippen LogP contribution in [0.3, 0.4) is 0 Å². The number of rotatable bonds is 7. The summed E-state index contributed by atoms with van der Waals surface area (Å²) >= 11 is 5.18. The van der Waals surface area contributed by atoms with Crippen LogP contribution in [0.5, 0.6) is 0 Å². The Morgan fingerprint density at radius 2 is 2.16 bits per heavy atom. The van der Waals surface area contributed by atoms with Crippen molar-refractivity contribution in [3.63, 3.8) is 0 Å². The van der Waals surface area contributed by atoms with Crippen LogP contribution in [0, 0.1) is 0 Å². The standard InChI is InChI=1S/C15H19BrN2S/c1-2-3-4-5-8-12(11-16)19-15-17-13-9-6-7-10-14(13)18-15/h6-7,9-11H,2-5,8H2,1H3,(H,17,18)/b12-11-. The summed E-state index contributed by atoms with van der Waals surface area (Å²) < 4.78 is 0. The van der Waals surface area contributed by atoms with Crippen LogP contribution in [-0.4, -0.2) is 9.97 Å². The van der Waals surface area contributed by atoms with Gasteiger partial charge in [0.25, 0.3) is 0 Å². The van der Waals surface area contributed by atoms with E-state index in [0.717, 1.165) is 22.6 Å². The number of hydrogen-bond donors (Lipinski definition) is 1. The van der Waals surface area contributed by atoms with Gasteiger partial charge in [-0.05, 0) is 34.9 Å². The van der Waals surface area contributed by atoms with Crippen LogP contribution in [0.4, 0.5) is 0 Å². The highest BCUT2D eigenvalue weighted by Crippen LogP contribution is 2.30. The van der Waals surface area contributed by atoms with Gasteiger partial charge in [0, 0.05) is 0 Å². The van der Waals surface area contributed by atoms with Gasteiger partial charge in [-0.1, -0.05) is 66.0 Å². The van der Waals surface area contributed by atoms with E-state index in [4.69, 9.17) is 0 Å². The molecule has 1 heterocycles. The molecule has 1 aromatic heterocycles. The van der Waals surface area contributed by atoms with E-state index in [0.29, 0.717) is 0 Å². The molecule has 0 bridgehead atoms. The predicted octanol–water partition coefficient (Wildman–Crippen LogP) is 5.86. The molecule has 0 saturated carbocycles. The van der Waals surface area contributed by atoms with Crippen molar-refractivity contribution in [2.45, 2.75) is 44.2 Å². The third-order valence-corrected chi connectivity index (χ3v) is 4.82. The number of aromatic amines is 1. The Morgan fingerprint density at radius 3 is 2.89 bits per heavy atom. The van der Waals surface area contributed by atoms with Gasteiger partial charge < -0.3 is 4.98 Å². The van der Waals surface area contributed by atoms with E-state index in [1.54, 1.807) is 11.8 Å². The van der Waals surface area contributed by atoms with E-state index >= 15 is 0 Å². The maximum Gasteiger partial charge on any atom is 0.170 e. The number of hydrogen-bond acceptors (Lipinski definition) is 2. The third kappa shape index (κ3) is 4.39. The molecule has 0 unspecified atom stereocenters. The van der Waals surface area contributed by atoms with Crippen LogP contribution in [0.25, 0.3) is 11.0 Å². The lowest BCUT2D eigenvalue weighted by Crippen LogP contribution is -1.82. The molecule has 0 aliphatic heterocycles. The molecule has 2 rings (SSSR count). The maximum absolute atomic E-state index is 4.59. The van der Waals surface area contributed by atoms with Crippen molar-refractivity contribution in [3.05, 3.63) is 34.2 Å². The normalized spacial score (nSPS) is 12.2. The van der Waals surface area contributed by atoms with Crippen LogP contribution in [-0.2, 0) is 0 Å². The van der Waals surface area contributed by atoms with Gasteiger partial charge in [-0.3, -0.25) is 0 Å². The van der Waals surface area contributed by atoms with Crippen LogP contribution in [0.15, 0.2) is 39.3 Å². The van der Waals surface area contributed by atoms with Crippen LogP contribution in [0.1, 0.15) is 39.0 Å². The molecule has 0 amide bonds. The van der Waals surface area contributed by atoms with E-state index in [9.17, 15) is 0 Å². The first kappa shape index (κ1) is 14.7. The van der Waals surface area contributed by atoms with Gasteiger partial charge in [-0.25, -0.2) is 4.98 Å². The van der Waals surface area contributed by atoms with Crippen LogP contribution < -0.4 is 0 Å². The van der Waals surface area contributed by atoms with Gasteiger partial charge in [0.2, 0.25) is 0 Å². The highest BCUT2D eigenvalue weighted by Gasteiger charge is 2.06. The van der Waals surface area contributed by atoms with Crippen molar-refractivity contribution < 1.29 is 0 Å². The first-order chi connectivity index (χ1) is 9.33. The van der Waals surface area contributed by atoms with Crippen molar-refractivity contribution in [2.75, 3.05) is 0 Å².